The zero-order valence-electron chi connectivity index (χ0n) is 10.4. The highest BCUT2D eigenvalue weighted by Gasteiger charge is 2.46. The number of thiazole rings is 1. The Bertz CT molecular complexity index is 469. The highest BCUT2D eigenvalue weighted by Crippen LogP contribution is 2.38. The van der Waals surface area contributed by atoms with Gasteiger partial charge in [0.15, 0.2) is 0 Å². The predicted molar refractivity (Wildman–Crippen MR) is 68.7 cm³/mol. The van der Waals surface area contributed by atoms with Crippen molar-refractivity contribution in [2.24, 2.45) is 5.41 Å². The summed E-state index contributed by atoms with van der Waals surface area (Å²) >= 11 is 1.53. The zero-order valence-corrected chi connectivity index (χ0v) is 11.3. The van der Waals surface area contributed by atoms with E-state index in [1.54, 1.807) is 5.51 Å². The average molecular weight is 267 g/mol. The van der Waals surface area contributed by atoms with Gasteiger partial charge in [0.25, 0.3) is 0 Å². The first-order chi connectivity index (χ1) is 8.56. The van der Waals surface area contributed by atoms with Crippen LogP contribution in [0.2, 0.25) is 0 Å². The summed E-state index contributed by atoms with van der Waals surface area (Å²) in [6.45, 7) is 1.92. The molecule has 1 heterocycles. The van der Waals surface area contributed by atoms with Gasteiger partial charge in [-0.05, 0) is 32.6 Å². The SMILES string of the molecule is Cc1ncsc1CCC1(C(=O)O)CCCCC1=O. The monoisotopic (exact) mass is 267 g/mol. The molecule has 1 unspecified atom stereocenters. The Morgan fingerprint density at radius 2 is 2.33 bits per heavy atom. The summed E-state index contributed by atoms with van der Waals surface area (Å²) in [4.78, 5) is 28.8. The van der Waals surface area contributed by atoms with Crippen LogP contribution in [-0.2, 0) is 16.0 Å². The van der Waals surface area contributed by atoms with Gasteiger partial charge in [-0.15, -0.1) is 11.3 Å². The van der Waals surface area contributed by atoms with Gasteiger partial charge >= 0.3 is 5.97 Å². The maximum absolute atomic E-state index is 12.0. The number of nitrogens with zero attached hydrogens (tertiary/aromatic N) is 1. The van der Waals surface area contributed by atoms with E-state index in [1.165, 1.54) is 11.3 Å². The fraction of sp³-hybridized carbons (Fsp3) is 0.615. The standard InChI is InChI=1S/C13H17NO3S/c1-9-10(18-8-14-9)5-7-13(12(16)17)6-3-2-4-11(13)15/h8H,2-7H2,1H3,(H,16,17). The van der Waals surface area contributed by atoms with Crippen molar-refractivity contribution in [1.82, 2.24) is 4.98 Å². The number of ketones is 1. The fourth-order valence-electron chi connectivity index (χ4n) is 2.58. The van der Waals surface area contributed by atoms with E-state index in [4.69, 9.17) is 0 Å². The van der Waals surface area contributed by atoms with E-state index in [2.05, 4.69) is 4.98 Å². The lowest BCUT2D eigenvalue weighted by Gasteiger charge is -2.31. The van der Waals surface area contributed by atoms with Gasteiger partial charge in [0.2, 0.25) is 0 Å². The molecule has 0 radical (unpaired) electrons. The predicted octanol–water partition coefficient (Wildman–Crippen LogP) is 2.60. The van der Waals surface area contributed by atoms with Crippen LogP contribution in [0.25, 0.3) is 0 Å². The second-order valence-electron chi connectivity index (χ2n) is 4.88. The smallest absolute Gasteiger partial charge is 0.317 e. The van der Waals surface area contributed by atoms with Crippen molar-refractivity contribution >= 4 is 23.1 Å². The van der Waals surface area contributed by atoms with Crippen molar-refractivity contribution in [3.05, 3.63) is 16.1 Å². The molecule has 1 aromatic heterocycles. The third-order valence-corrected chi connectivity index (χ3v) is 4.82. The van der Waals surface area contributed by atoms with Crippen LogP contribution in [0.1, 0.15) is 42.7 Å². The molecule has 1 saturated carbocycles. The first-order valence-corrected chi connectivity index (χ1v) is 7.10. The number of carbonyl (C=O) groups excluding carboxylic acids is 1. The third-order valence-electron chi connectivity index (χ3n) is 3.82. The number of carbonyl (C=O) groups is 2. The van der Waals surface area contributed by atoms with Crippen LogP contribution < -0.4 is 0 Å². The van der Waals surface area contributed by atoms with Crippen molar-refractivity contribution in [2.45, 2.75) is 45.4 Å². The van der Waals surface area contributed by atoms with Crippen LogP contribution >= 0.6 is 11.3 Å². The number of hydrogen-bond donors (Lipinski definition) is 1. The van der Waals surface area contributed by atoms with Gasteiger partial charge in [0, 0.05) is 11.3 Å². The number of carboxylic acids is 1. The van der Waals surface area contributed by atoms with Crippen molar-refractivity contribution in [3.8, 4) is 0 Å². The molecule has 1 aromatic rings. The normalized spacial score (nSPS) is 24.2. The Morgan fingerprint density at radius 3 is 2.89 bits per heavy atom. The van der Waals surface area contributed by atoms with Crippen LogP contribution in [0.15, 0.2) is 5.51 Å². The topological polar surface area (TPSA) is 67.3 Å². The highest BCUT2D eigenvalue weighted by atomic mass is 32.1. The summed E-state index contributed by atoms with van der Waals surface area (Å²) < 4.78 is 0. The van der Waals surface area contributed by atoms with Crippen molar-refractivity contribution in [1.29, 1.82) is 0 Å². The maximum Gasteiger partial charge on any atom is 0.317 e. The molecule has 4 nitrogen and oxygen atoms in total. The van der Waals surface area contributed by atoms with Crippen LogP contribution in [0.3, 0.4) is 0 Å². The second kappa shape index (κ2) is 5.18. The molecule has 0 bridgehead atoms. The summed E-state index contributed by atoms with van der Waals surface area (Å²) in [7, 11) is 0. The summed E-state index contributed by atoms with van der Waals surface area (Å²) in [6, 6.07) is 0. The largest absolute Gasteiger partial charge is 0.480 e. The summed E-state index contributed by atoms with van der Waals surface area (Å²) in [5.41, 5.74) is 1.57. The van der Waals surface area contributed by atoms with Gasteiger partial charge in [-0.2, -0.15) is 0 Å². The molecular weight excluding hydrogens is 250 g/mol. The molecule has 18 heavy (non-hydrogen) atoms. The molecule has 1 N–H and O–H groups in total. The molecule has 5 heteroatoms. The summed E-state index contributed by atoms with van der Waals surface area (Å²) in [6.07, 6.45) is 3.60. The molecule has 1 fully saturated rings. The molecule has 98 valence electrons. The van der Waals surface area contributed by atoms with E-state index in [1.807, 2.05) is 6.92 Å². The molecule has 0 aliphatic heterocycles. The van der Waals surface area contributed by atoms with Crippen molar-refractivity contribution < 1.29 is 14.7 Å². The van der Waals surface area contributed by atoms with E-state index in [9.17, 15) is 14.7 Å². The van der Waals surface area contributed by atoms with Crippen molar-refractivity contribution in [3.63, 3.8) is 0 Å². The second-order valence-corrected chi connectivity index (χ2v) is 5.82. The zero-order chi connectivity index (χ0) is 13.2. The first-order valence-electron chi connectivity index (χ1n) is 6.22. The Morgan fingerprint density at radius 1 is 1.56 bits per heavy atom. The van der Waals surface area contributed by atoms with E-state index in [0.29, 0.717) is 25.7 Å². The number of hydrogen-bond acceptors (Lipinski definition) is 4. The minimum Gasteiger partial charge on any atom is -0.480 e. The molecule has 0 aromatic carbocycles. The van der Waals surface area contributed by atoms with Gasteiger partial charge in [-0.3, -0.25) is 9.59 Å². The Balaban J connectivity index is 2.14. The van der Waals surface area contributed by atoms with Gasteiger partial charge in [-0.25, -0.2) is 4.98 Å². The minimum absolute atomic E-state index is 0.0941. The average Bonchev–Trinajstić information content (AvgIpc) is 2.74. The Labute approximate surface area is 110 Å². The number of aryl methyl sites for hydroxylation is 2. The lowest BCUT2D eigenvalue weighted by atomic mass is 9.70. The van der Waals surface area contributed by atoms with E-state index in [-0.39, 0.29) is 5.78 Å². The maximum atomic E-state index is 12.0. The van der Waals surface area contributed by atoms with Crippen LogP contribution in [0.4, 0.5) is 0 Å². The fourth-order valence-corrected chi connectivity index (χ4v) is 3.36. The summed E-state index contributed by atoms with van der Waals surface area (Å²) in [5, 5.41) is 9.42. The van der Waals surface area contributed by atoms with E-state index >= 15 is 0 Å². The number of aliphatic carboxylic acids is 1. The van der Waals surface area contributed by atoms with Crippen LogP contribution in [0.5, 0.6) is 0 Å². The number of rotatable bonds is 4. The van der Waals surface area contributed by atoms with Gasteiger partial charge in [-0.1, -0.05) is 6.42 Å². The molecule has 1 atom stereocenters. The van der Waals surface area contributed by atoms with Gasteiger partial charge in [0.1, 0.15) is 11.2 Å². The molecule has 0 spiro atoms. The highest BCUT2D eigenvalue weighted by molar-refractivity contribution is 7.09. The molecule has 0 saturated heterocycles. The number of carboxylic acid groups (broad SMARTS) is 1. The Kier molecular flexibility index (Phi) is 3.80. The van der Waals surface area contributed by atoms with Crippen LogP contribution in [-0.4, -0.2) is 21.8 Å². The van der Waals surface area contributed by atoms with Crippen molar-refractivity contribution in [2.75, 3.05) is 0 Å². The summed E-state index contributed by atoms with van der Waals surface area (Å²) in [5.74, 6) is -1.04. The molecule has 0 amide bonds. The molecule has 1 aliphatic rings. The van der Waals surface area contributed by atoms with E-state index in [0.717, 1.165) is 23.4 Å². The first kappa shape index (κ1) is 13.2. The molecular formula is C13H17NO3S. The lowest BCUT2D eigenvalue weighted by molar-refractivity contribution is -0.157. The third kappa shape index (κ3) is 2.32. The van der Waals surface area contributed by atoms with Gasteiger partial charge < -0.3 is 5.11 Å². The molecule has 1 aliphatic carbocycles. The van der Waals surface area contributed by atoms with Gasteiger partial charge in [0.05, 0.1) is 11.2 Å². The number of aromatic nitrogens is 1. The van der Waals surface area contributed by atoms with Crippen LogP contribution in [0, 0.1) is 12.3 Å². The molecule has 2 rings (SSSR count). The lowest BCUT2D eigenvalue weighted by Crippen LogP contribution is -2.42. The van der Waals surface area contributed by atoms with E-state index < -0.39 is 11.4 Å². The quantitative estimate of drug-likeness (QED) is 0.851. The number of Topliss-reactive ketones (excluding diaryl/α,β-unsaturated/α-hetero) is 1. The minimum atomic E-state index is -1.14. The Hall–Kier alpha value is -1.23.